The molecule has 3 N–H and O–H groups in total. The smallest absolute Gasteiger partial charge is 0.407 e. The molecule has 0 saturated carbocycles. The van der Waals surface area contributed by atoms with Gasteiger partial charge in [-0.25, -0.2) is 4.79 Å². The van der Waals surface area contributed by atoms with Gasteiger partial charge in [-0.2, -0.15) is 0 Å². The van der Waals surface area contributed by atoms with Gasteiger partial charge in [0.05, 0.1) is 17.9 Å². The topological polar surface area (TPSA) is 176 Å². The van der Waals surface area contributed by atoms with Gasteiger partial charge in [0.2, 0.25) is 0 Å². The Morgan fingerprint density at radius 2 is 1.43 bits per heavy atom. The Bertz CT molecular complexity index is 1700. The van der Waals surface area contributed by atoms with Crippen molar-refractivity contribution in [3.8, 4) is 0 Å². The van der Waals surface area contributed by atoms with E-state index in [2.05, 4.69) is 5.32 Å². The second-order valence-electron chi connectivity index (χ2n) is 18.5. The van der Waals surface area contributed by atoms with Crippen molar-refractivity contribution in [3.63, 3.8) is 0 Å². The number of piperazine rings is 1. The lowest BCUT2D eigenvalue weighted by atomic mass is 9.69. The molecule has 2 aromatic rings. The van der Waals surface area contributed by atoms with Crippen molar-refractivity contribution in [2.45, 2.75) is 135 Å². The molecule has 5 rings (SSSR count). The number of alkyl carbamates (subject to hydrolysis) is 1. The van der Waals surface area contributed by atoms with E-state index in [1.807, 2.05) is 70.5 Å². The van der Waals surface area contributed by atoms with Crippen molar-refractivity contribution in [1.82, 2.24) is 15.1 Å². The molecule has 320 valence electrons. The number of fused-ring (bicyclic) bond motifs is 4. The van der Waals surface area contributed by atoms with Crippen LogP contribution >= 0.6 is 0 Å². The fourth-order valence-corrected chi connectivity index (χ4v) is 7.98. The minimum Gasteiger partial charge on any atom is -0.461 e. The molecule has 7 atom stereocenters. The highest BCUT2D eigenvalue weighted by molar-refractivity contribution is 5.85. The van der Waals surface area contributed by atoms with E-state index in [1.54, 1.807) is 62.3 Å². The monoisotopic (exact) mass is 808 g/mol. The van der Waals surface area contributed by atoms with Crippen LogP contribution in [0.4, 0.5) is 4.79 Å². The third-order valence-corrected chi connectivity index (χ3v) is 10.1. The fraction of sp³-hybridized carbons (Fsp3) is 0.614. The molecule has 58 heavy (non-hydrogen) atoms. The summed E-state index contributed by atoms with van der Waals surface area (Å²) < 4.78 is 29.3. The number of nitrogens with zero attached hydrogens (tertiary/aromatic N) is 2. The predicted octanol–water partition coefficient (Wildman–Crippen LogP) is 5.46. The van der Waals surface area contributed by atoms with Crippen molar-refractivity contribution < 1.29 is 47.7 Å². The van der Waals surface area contributed by atoms with Gasteiger partial charge in [-0.3, -0.25) is 29.0 Å². The summed E-state index contributed by atoms with van der Waals surface area (Å²) in [6, 6.07) is 17.2. The maximum Gasteiger partial charge on any atom is 0.407 e. The Hall–Kier alpha value is -4.53. The Labute approximate surface area is 343 Å². The molecule has 0 aliphatic carbocycles. The molecular weight excluding hydrogens is 745 g/mol. The van der Waals surface area contributed by atoms with Gasteiger partial charge in [0.25, 0.3) is 6.47 Å². The molecule has 0 aromatic heterocycles. The van der Waals surface area contributed by atoms with Crippen LogP contribution in [0.15, 0.2) is 60.7 Å². The van der Waals surface area contributed by atoms with Crippen LogP contribution in [0.2, 0.25) is 0 Å². The van der Waals surface area contributed by atoms with E-state index in [9.17, 15) is 24.0 Å². The summed E-state index contributed by atoms with van der Waals surface area (Å²) in [5.74, 6) is -3.09. The number of ether oxygens (including phenoxy) is 5. The first-order valence-corrected chi connectivity index (χ1v) is 20.1. The predicted molar refractivity (Wildman–Crippen MR) is 217 cm³/mol. The molecule has 2 aromatic carbocycles. The molecule has 0 spiro atoms. The van der Waals surface area contributed by atoms with Crippen molar-refractivity contribution >= 4 is 30.5 Å². The maximum atomic E-state index is 14.9. The minimum atomic E-state index is -1.63. The Morgan fingerprint density at radius 1 is 0.828 bits per heavy atom. The standard InChI is InChI=1S/C44H64N4O10/c1-40(2,3)56-37(51)33(20-21-34(55-30-49)32-18-14-11-15-19-32)44(26-35(50)54-27-31-16-12-10-13-17-31)36(38(52)57-41(4,5)6)47-24-25-48(44)29-43(45,28-47)22-23-46-39(53)58-42(7,8)9/h10-19,30,33-34,36H,20-29,45H2,1-9H3,(H,46,53)/t33-,34?,36-,43?,44?/m1/s1. The molecule has 5 unspecified atom stereocenters. The van der Waals surface area contributed by atoms with E-state index in [-0.39, 0.29) is 45.5 Å². The lowest BCUT2D eigenvalue weighted by Gasteiger charge is -2.55. The Morgan fingerprint density at radius 3 is 2.02 bits per heavy atom. The Kier molecular flexibility index (Phi) is 15.1. The van der Waals surface area contributed by atoms with Crippen LogP contribution in [0.1, 0.15) is 105 Å². The molecule has 3 heterocycles. The molecule has 0 radical (unpaired) electrons. The number of hydrogen-bond donors (Lipinski definition) is 2. The largest absolute Gasteiger partial charge is 0.461 e. The summed E-state index contributed by atoms with van der Waals surface area (Å²) in [4.78, 5) is 72.5. The number of nitrogens with two attached hydrogens (primary N) is 1. The molecule has 3 fully saturated rings. The summed E-state index contributed by atoms with van der Waals surface area (Å²) in [5, 5.41) is 2.80. The van der Waals surface area contributed by atoms with Crippen LogP contribution in [-0.4, -0.2) is 107 Å². The molecule has 3 saturated heterocycles. The van der Waals surface area contributed by atoms with Gasteiger partial charge in [-0.15, -0.1) is 0 Å². The van der Waals surface area contributed by atoms with Crippen LogP contribution in [0.3, 0.4) is 0 Å². The lowest BCUT2D eigenvalue weighted by molar-refractivity contribution is -0.188. The molecule has 14 heteroatoms. The van der Waals surface area contributed by atoms with E-state index < -0.39 is 76.4 Å². The van der Waals surface area contributed by atoms with Crippen molar-refractivity contribution in [1.29, 1.82) is 0 Å². The van der Waals surface area contributed by atoms with Crippen molar-refractivity contribution in [2.75, 3.05) is 32.7 Å². The minimum absolute atomic E-state index is 0.0336. The zero-order chi connectivity index (χ0) is 42.9. The maximum absolute atomic E-state index is 14.9. The molecule has 3 aliphatic rings. The van der Waals surface area contributed by atoms with Crippen LogP contribution in [0.25, 0.3) is 0 Å². The van der Waals surface area contributed by atoms with Crippen LogP contribution < -0.4 is 11.1 Å². The second-order valence-corrected chi connectivity index (χ2v) is 18.5. The SMILES string of the molecule is CC(C)(C)OC(=O)NCCC1(N)CN2CCN(C1)C(CC(=O)OCc1ccccc1)([C@H](CCC(OC=O)c1ccccc1)C(=O)OC(C)(C)C)[C@H]2C(=O)OC(C)(C)C. The summed E-state index contributed by atoms with van der Waals surface area (Å²) in [6.07, 6.45) is -1.29. The first-order valence-electron chi connectivity index (χ1n) is 20.1. The number of benzene rings is 2. The van der Waals surface area contributed by atoms with E-state index in [1.165, 1.54) is 0 Å². The first kappa shape index (κ1) is 46.2. The number of rotatable bonds is 16. The van der Waals surface area contributed by atoms with Crippen LogP contribution in [0.5, 0.6) is 0 Å². The number of nitrogens with one attached hydrogen (secondary N) is 1. The van der Waals surface area contributed by atoms with Gasteiger partial charge < -0.3 is 34.7 Å². The van der Waals surface area contributed by atoms with Gasteiger partial charge in [-0.05, 0) is 92.7 Å². The van der Waals surface area contributed by atoms with Gasteiger partial charge in [0, 0.05) is 38.3 Å². The van der Waals surface area contributed by atoms with Crippen molar-refractivity contribution in [3.05, 3.63) is 71.8 Å². The number of hydrogen-bond acceptors (Lipinski definition) is 13. The van der Waals surface area contributed by atoms with Crippen molar-refractivity contribution in [2.24, 2.45) is 11.7 Å². The highest BCUT2D eigenvalue weighted by Crippen LogP contribution is 2.46. The zero-order valence-corrected chi connectivity index (χ0v) is 35.7. The molecule has 3 aliphatic heterocycles. The average Bonchev–Trinajstić information content (AvgIpc) is 3.33. The zero-order valence-electron chi connectivity index (χ0n) is 35.7. The average molecular weight is 809 g/mol. The third-order valence-electron chi connectivity index (χ3n) is 10.1. The van der Waals surface area contributed by atoms with Gasteiger partial charge in [0.1, 0.15) is 35.6 Å². The number of esters is 3. The molecular formula is C44H64N4O10. The van der Waals surface area contributed by atoms with E-state index in [4.69, 9.17) is 29.4 Å². The summed E-state index contributed by atoms with van der Waals surface area (Å²) in [7, 11) is 0. The van der Waals surface area contributed by atoms with Gasteiger partial charge >= 0.3 is 24.0 Å². The highest BCUT2D eigenvalue weighted by atomic mass is 16.6. The quantitative estimate of drug-likeness (QED) is 0.124. The second kappa shape index (κ2) is 19.0. The molecule has 1 amide bonds. The van der Waals surface area contributed by atoms with Gasteiger partial charge in [-0.1, -0.05) is 60.7 Å². The molecule has 2 bridgehead atoms. The molecule has 14 nitrogen and oxygen atoms in total. The van der Waals surface area contributed by atoms with Gasteiger partial charge in [0.15, 0.2) is 0 Å². The summed E-state index contributed by atoms with van der Waals surface area (Å²) >= 11 is 0. The number of carbonyl (C=O) groups is 5. The van der Waals surface area contributed by atoms with E-state index >= 15 is 0 Å². The normalized spacial score (nSPS) is 24.3. The fourth-order valence-electron chi connectivity index (χ4n) is 7.98. The Balaban J connectivity index is 1.88. The lowest BCUT2D eigenvalue weighted by Crippen LogP contribution is -2.74. The number of carbonyl (C=O) groups excluding carboxylic acids is 5. The summed E-state index contributed by atoms with van der Waals surface area (Å²) in [5.41, 5.74) is 3.48. The van der Waals surface area contributed by atoms with Crippen LogP contribution in [-0.2, 0) is 49.5 Å². The van der Waals surface area contributed by atoms with Crippen LogP contribution in [0, 0.1) is 5.92 Å². The number of amides is 1. The van der Waals surface area contributed by atoms with E-state index in [0.717, 1.165) is 5.56 Å². The summed E-state index contributed by atoms with van der Waals surface area (Å²) in [6.45, 7) is 17.4. The first-order chi connectivity index (χ1) is 27.0. The van der Waals surface area contributed by atoms with E-state index in [0.29, 0.717) is 25.1 Å². The third kappa shape index (κ3) is 13.0. The highest BCUT2D eigenvalue weighted by Gasteiger charge is 2.64.